The molecule has 1 aromatic rings. The maximum Gasteiger partial charge on any atom is 0.252 e. The fourth-order valence-electron chi connectivity index (χ4n) is 1.59. The monoisotopic (exact) mass is 233 g/mol. The van der Waals surface area contributed by atoms with Gasteiger partial charge in [0, 0.05) is 11.3 Å². The van der Waals surface area contributed by atoms with Gasteiger partial charge in [-0.25, -0.2) is 0 Å². The van der Waals surface area contributed by atoms with Gasteiger partial charge in [-0.15, -0.1) is 0 Å². The van der Waals surface area contributed by atoms with Crippen molar-refractivity contribution in [1.82, 2.24) is 10.6 Å². The van der Waals surface area contributed by atoms with Gasteiger partial charge in [0.25, 0.3) is 5.91 Å². The molecule has 3 amide bonds. The molecule has 1 saturated heterocycles. The Morgan fingerprint density at radius 1 is 1.41 bits per heavy atom. The largest absolute Gasteiger partial charge is 0.399 e. The molecule has 0 bridgehead atoms. The molecule has 17 heavy (non-hydrogen) atoms. The number of hydrogen-bond acceptors (Lipinski definition) is 4. The molecule has 88 valence electrons. The summed E-state index contributed by atoms with van der Waals surface area (Å²) in [6.45, 7) is 0. The molecule has 1 atom stereocenters. The number of imide groups is 1. The lowest BCUT2D eigenvalue weighted by atomic mass is 10.1. The fraction of sp³-hybridized carbons (Fsp3) is 0.182. The van der Waals surface area contributed by atoms with Crippen molar-refractivity contribution >= 4 is 23.4 Å². The Hall–Kier alpha value is -2.37. The summed E-state index contributed by atoms with van der Waals surface area (Å²) >= 11 is 0. The molecule has 0 aromatic heterocycles. The molecule has 6 heteroatoms. The predicted molar refractivity (Wildman–Crippen MR) is 59.9 cm³/mol. The first-order chi connectivity index (χ1) is 8.06. The van der Waals surface area contributed by atoms with Crippen LogP contribution in [-0.4, -0.2) is 23.8 Å². The standard InChI is InChI=1S/C11H11N3O3/c12-7-3-1-2-6(4-7)10(16)13-8-5-9(15)14-11(8)17/h1-4,8H,5,12H2,(H,13,16)(H,14,15,17)/t8-/m0/s1. The van der Waals surface area contributed by atoms with Crippen molar-refractivity contribution in [2.24, 2.45) is 0 Å². The average Bonchev–Trinajstić information content (AvgIpc) is 2.57. The number of benzene rings is 1. The molecule has 4 N–H and O–H groups in total. The van der Waals surface area contributed by atoms with Crippen LogP contribution in [0.5, 0.6) is 0 Å². The third kappa shape index (κ3) is 2.41. The van der Waals surface area contributed by atoms with E-state index in [2.05, 4.69) is 10.6 Å². The lowest BCUT2D eigenvalue weighted by Crippen LogP contribution is -2.40. The lowest BCUT2D eigenvalue weighted by molar-refractivity contribution is -0.125. The van der Waals surface area contributed by atoms with Crippen LogP contribution < -0.4 is 16.4 Å². The van der Waals surface area contributed by atoms with Crippen molar-refractivity contribution in [1.29, 1.82) is 0 Å². The van der Waals surface area contributed by atoms with Gasteiger partial charge < -0.3 is 11.1 Å². The molecule has 0 aliphatic carbocycles. The first-order valence-corrected chi connectivity index (χ1v) is 5.06. The van der Waals surface area contributed by atoms with Crippen LogP contribution in [0.1, 0.15) is 16.8 Å². The minimum absolute atomic E-state index is 0.0209. The molecule has 0 saturated carbocycles. The molecule has 1 heterocycles. The Balaban J connectivity index is 2.07. The van der Waals surface area contributed by atoms with E-state index in [1.165, 1.54) is 6.07 Å². The number of anilines is 1. The van der Waals surface area contributed by atoms with Gasteiger partial charge in [-0.2, -0.15) is 0 Å². The third-order valence-corrected chi connectivity index (χ3v) is 2.42. The van der Waals surface area contributed by atoms with E-state index in [0.717, 1.165) is 0 Å². The minimum atomic E-state index is -0.795. The summed E-state index contributed by atoms with van der Waals surface area (Å²) < 4.78 is 0. The zero-order valence-corrected chi connectivity index (χ0v) is 8.90. The zero-order valence-electron chi connectivity index (χ0n) is 8.90. The maximum absolute atomic E-state index is 11.7. The molecule has 6 nitrogen and oxygen atoms in total. The summed E-state index contributed by atoms with van der Waals surface area (Å²) in [5, 5.41) is 4.59. The van der Waals surface area contributed by atoms with Crippen molar-refractivity contribution in [3.8, 4) is 0 Å². The Kier molecular flexibility index (Phi) is 2.78. The number of nitrogen functional groups attached to an aromatic ring is 1. The second-order valence-electron chi connectivity index (χ2n) is 3.77. The first kappa shape index (κ1) is 11.1. The molecule has 0 spiro atoms. The number of nitrogens with one attached hydrogen (secondary N) is 2. The second kappa shape index (κ2) is 4.25. The number of carbonyl (C=O) groups excluding carboxylic acids is 3. The van der Waals surface area contributed by atoms with Crippen LogP contribution in [0.25, 0.3) is 0 Å². The van der Waals surface area contributed by atoms with E-state index in [9.17, 15) is 14.4 Å². The zero-order chi connectivity index (χ0) is 12.4. The van der Waals surface area contributed by atoms with Crippen LogP contribution in [0.3, 0.4) is 0 Å². The molecule has 0 unspecified atom stereocenters. The number of nitrogens with two attached hydrogens (primary N) is 1. The van der Waals surface area contributed by atoms with Gasteiger partial charge in [0.05, 0.1) is 6.42 Å². The van der Waals surface area contributed by atoms with E-state index in [-0.39, 0.29) is 12.3 Å². The molecular weight excluding hydrogens is 222 g/mol. The lowest BCUT2D eigenvalue weighted by Gasteiger charge is -2.09. The molecular formula is C11H11N3O3. The van der Waals surface area contributed by atoms with E-state index in [0.29, 0.717) is 11.3 Å². The Morgan fingerprint density at radius 3 is 2.76 bits per heavy atom. The van der Waals surface area contributed by atoms with Gasteiger partial charge in [0.1, 0.15) is 6.04 Å². The van der Waals surface area contributed by atoms with E-state index in [1.807, 2.05) is 0 Å². The highest BCUT2D eigenvalue weighted by molar-refractivity contribution is 6.08. The topological polar surface area (TPSA) is 101 Å². The second-order valence-corrected chi connectivity index (χ2v) is 3.77. The summed E-state index contributed by atoms with van der Waals surface area (Å²) in [4.78, 5) is 33.9. The molecule has 1 aliphatic heterocycles. The third-order valence-electron chi connectivity index (χ3n) is 2.42. The summed E-state index contributed by atoms with van der Waals surface area (Å²) in [6.07, 6.45) is -0.0209. The van der Waals surface area contributed by atoms with Crippen LogP contribution in [0.4, 0.5) is 5.69 Å². The highest BCUT2D eigenvalue weighted by Crippen LogP contribution is 2.08. The Bertz CT molecular complexity index is 498. The number of hydrogen-bond donors (Lipinski definition) is 3. The van der Waals surface area contributed by atoms with Gasteiger partial charge in [-0.05, 0) is 18.2 Å². The maximum atomic E-state index is 11.7. The van der Waals surface area contributed by atoms with Crippen LogP contribution in [0, 0.1) is 0 Å². The quantitative estimate of drug-likeness (QED) is 0.469. The predicted octanol–water partition coefficient (Wildman–Crippen LogP) is -0.586. The van der Waals surface area contributed by atoms with E-state index < -0.39 is 17.9 Å². The highest BCUT2D eigenvalue weighted by Gasteiger charge is 2.31. The smallest absolute Gasteiger partial charge is 0.252 e. The van der Waals surface area contributed by atoms with Crippen molar-refractivity contribution in [3.05, 3.63) is 29.8 Å². The Morgan fingerprint density at radius 2 is 2.18 bits per heavy atom. The van der Waals surface area contributed by atoms with Crippen LogP contribution in [0.15, 0.2) is 24.3 Å². The molecule has 2 rings (SSSR count). The number of rotatable bonds is 2. The van der Waals surface area contributed by atoms with Crippen molar-refractivity contribution in [2.75, 3.05) is 5.73 Å². The number of amides is 3. The van der Waals surface area contributed by atoms with E-state index in [1.54, 1.807) is 18.2 Å². The van der Waals surface area contributed by atoms with Crippen molar-refractivity contribution in [3.63, 3.8) is 0 Å². The van der Waals surface area contributed by atoms with Gasteiger partial charge in [0.15, 0.2) is 0 Å². The van der Waals surface area contributed by atoms with Crippen LogP contribution in [0.2, 0.25) is 0 Å². The highest BCUT2D eigenvalue weighted by atomic mass is 16.2. The van der Waals surface area contributed by atoms with Gasteiger partial charge in [-0.1, -0.05) is 6.07 Å². The molecule has 1 aromatic carbocycles. The SMILES string of the molecule is Nc1cccc(C(=O)N[C@H]2CC(=O)NC2=O)c1. The Labute approximate surface area is 97.2 Å². The van der Waals surface area contributed by atoms with E-state index in [4.69, 9.17) is 5.73 Å². The van der Waals surface area contributed by atoms with Gasteiger partial charge in [0.2, 0.25) is 11.8 Å². The van der Waals surface area contributed by atoms with Crippen molar-refractivity contribution in [2.45, 2.75) is 12.5 Å². The summed E-state index contributed by atoms with van der Waals surface area (Å²) in [5.74, 6) is -1.28. The fourth-order valence-corrected chi connectivity index (χ4v) is 1.59. The summed E-state index contributed by atoms with van der Waals surface area (Å²) in [5.41, 5.74) is 6.36. The van der Waals surface area contributed by atoms with Crippen molar-refractivity contribution < 1.29 is 14.4 Å². The molecule has 1 fully saturated rings. The molecule has 1 aliphatic rings. The molecule has 0 radical (unpaired) electrons. The van der Waals surface area contributed by atoms with E-state index >= 15 is 0 Å². The summed E-state index contributed by atoms with van der Waals surface area (Å²) in [6, 6.07) is 5.59. The average molecular weight is 233 g/mol. The van der Waals surface area contributed by atoms with Crippen LogP contribution >= 0.6 is 0 Å². The first-order valence-electron chi connectivity index (χ1n) is 5.06. The summed E-state index contributed by atoms with van der Waals surface area (Å²) in [7, 11) is 0. The van der Waals surface area contributed by atoms with Gasteiger partial charge in [-0.3, -0.25) is 19.7 Å². The number of carbonyl (C=O) groups is 3. The van der Waals surface area contributed by atoms with Crippen LogP contribution in [-0.2, 0) is 9.59 Å². The normalized spacial score (nSPS) is 18.9. The minimum Gasteiger partial charge on any atom is -0.399 e. The van der Waals surface area contributed by atoms with Gasteiger partial charge >= 0.3 is 0 Å².